The van der Waals surface area contributed by atoms with E-state index in [0.29, 0.717) is 11.5 Å². The highest BCUT2D eigenvalue weighted by Crippen LogP contribution is 2.41. The second kappa shape index (κ2) is 6.33. The van der Waals surface area contributed by atoms with E-state index in [4.69, 9.17) is 5.73 Å². The van der Waals surface area contributed by atoms with Crippen LogP contribution in [0.3, 0.4) is 0 Å². The maximum Gasteiger partial charge on any atom is 0.0332 e. The Kier molecular flexibility index (Phi) is 5.14. The molecule has 0 aromatic rings. The van der Waals surface area contributed by atoms with Gasteiger partial charge < -0.3 is 10.6 Å². The summed E-state index contributed by atoms with van der Waals surface area (Å²) in [7, 11) is 4.60. The first-order chi connectivity index (χ1) is 9.38. The molecular weight excluding hydrogens is 246 g/mol. The molecule has 2 aliphatic rings. The van der Waals surface area contributed by atoms with Crippen LogP contribution in [0.5, 0.6) is 0 Å². The quantitative estimate of drug-likeness (QED) is 0.807. The number of likely N-dealkylation sites (N-methyl/N-ethyl adjacent to an activating group) is 2. The van der Waals surface area contributed by atoms with Gasteiger partial charge in [-0.25, -0.2) is 0 Å². The summed E-state index contributed by atoms with van der Waals surface area (Å²) >= 11 is 0. The van der Waals surface area contributed by atoms with E-state index in [1.54, 1.807) is 0 Å². The van der Waals surface area contributed by atoms with E-state index in [0.717, 1.165) is 6.54 Å². The summed E-state index contributed by atoms with van der Waals surface area (Å²) in [6.45, 7) is 8.14. The lowest BCUT2D eigenvalue weighted by molar-refractivity contribution is 0.0265. The van der Waals surface area contributed by atoms with Gasteiger partial charge in [0.05, 0.1) is 0 Å². The average molecular weight is 281 g/mol. The molecular formula is C17H35N3. The predicted octanol–water partition coefficient (Wildman–Crippen LogP) is 2.70. The summed E-state index contributed by atoms with van der Waals surface area (Å²) in [5, 5.41) is 0. The van der Waals surface area contributed by atoms with Crippen molar-refractivity contribution in [3.05, 3.63) is 0 Å². The van der Waals surface area contributed by atoms with E-state index in [1.165, 1.54) is 58.0 Å². The Balaban J connectivity index is 2.09. The standard InChI is InChI=1S/C17H35N3/c1-16(2)8-6-9-17(14-18,11-10-16)20(4)15-7-5-12-19(3)13-15/h15H,5-14,18H2,1-4H3. The van der Waals surface area contributed by atoms with Crippen LogP contribution in [0.1, 0.15) is 58.8 Å². The zero-order chi connectivity index (χ0) is 14.8. The minimum absolute atomic E-state index is 0.247. The van der Waals surface area contributed by atoms with Crippen LogP contribution < -0.4 is 5.73 Å². The van der Waals surface area contributed by atoms with Gasteiger partial charge in [0.25, 0.3) is 0 Å². The monoisotopic (exact) mass is 281 g/mol. The molecule has 2 rings (SSSR count). The highest BCUT2D eigenvalue weighted by atomic mass is 15.3. The van der Waals surface area contributed by atoms with Crippen molar-refractivity contribution < 1.29 is 0 Å². The topological polar surface area (TPSA) is 32.5 Å². The van der Waals surface area contributed by atoms with Crippen LogP contribution in [0.25, 0.3) is 0 Å². The number of nitrogens with zero attached hydrogens (tertiary/aromatic N) is 2. The maximum absolute atomic E-state index is 6.28. The van der Waals surface area contributed by atoms with Crippen molar-refractivity contribution >= 4 is 0 Å². The van der Waals surface area contributed by atoms with E-state index >= 15 is 0 Å². The van der Waals surface area contributed by atoms with Gasteiger partial charge in [0.2, 0.25) is 0 Å². The number of hydrogen-bond acceptors (Lipinski definition) is 3. The highest BCUT2D eigenvalue weighted by molar-refractivity contribution is 4.98. The van der Waals surface area contributed by atoms with Gasteiger partial charge in [-0.15, -0.1) is 0 Å². The van der Waals surface area contributed by atoms with Gasteiger partial charge in [-0.05, 0) is 64.6 Å². The van der Waals surface area contributed by atoms with Gasteiger partial charge in [-0.3, -0.25) is 4.90 Å². The molecule has 3 nitrogen and oxygen atoms in total. The third-order valence-corrected chi connectivity index (χ3v) is 6.04. The van der Waals surface area contributed by atoms with Gasteiger partial charge in [0.15, 0.2) is 0 Å². The summed E-state index contributed by atoms with van der Waals surface area (Å²) in [6, 6.07) is 0.693. The fourth-order valence-corrected chi connectivity index (χ4v) is 4.26. The van der Waals surface area contributed by atoms with Crippen molar-refractivity contribution in [2.45, 2.75) is 70.4 Å². The minimum atomic E-state index is 0.247. The third-order valence-electron chi connectivity index (χ3n) is 6.04. The first-order valence-electron chi connectivity index (χ1n) is 8.50. The Morgan fingerprint density at radius 3 is 2.55 bits per heavy atom. The molecule has 1 aliphatic carbocycles. The lowest BCUT2D eigenvalue weighted by atomic mass is 9.82. The minimum Gasteiger partial charge on any atom is -0.329 e. The molecule has 2 atom stereocenters. The molecule has 0 aromatic carbocycles. The third kappa shape index (κ3) is 3.55. The Hall–Kier alpha value is -0.120. The zero-order valence-electron chi connectivity index (χ0n) is 14.1. The van der Waals surface area contributed by atoms with Crippen LogP contribution in [0.4, 0.5) is 0 Å². The van der Waals surface area contributed by atoms with Crippen LogP contribution >= 0.6 is 0 Å². The lowest BCUT2D eigenvalue weighted by Gasteiger charge is -2.48. The van der Waals surface area contributed by atoms with Crippen molar-refractivity contribution in [2.75, 3.05) is 33.7 Å². The molecule has 0 bridgehead atoms. The zero-order valence-corrected chi connectivity index (χ0v) is 14.1. The first kappa shape index (κ1) is 16.3. The number of nitrogens with two attached hydrogens (primary N) is 1. The molecule has 0 radical (unpaired) electrons. The highest BCUT2D eigenvalue weighted by Gasteiger charge is 2.40. The number of hydrogen-bond donors (Lipinski definition) is 1. The summed E-state index contributed by atoms with van der Waals surface area (Å²) in [5.74, 6) is 0. The molecule has 3 heteroatoms. The van der Waals surface area contributed by atoms with Gasteiger partial charge in [0.1, 0.15) is 0 Å². The summed E-state index contributed by atoms with van der Waals surface area (Å²) in [5.41, 5.74) is 7.03. The summed E-state index contributed by atoms with van der Waals surface area (Å²) < 4.78 is 0. The van der Waals surface area contributed by atoms with Crippen LogP contribution in [-0.4, -0.2) is 55.1 Å². The molecule has 20 heavy (non-hydrogen) atoms. The van der Waals surface area contributed by atoms with E-state index in [9.17, 15) is 0 Å². The van der Waals surface area contributed by atoms with Crippen LogP contribution in [-0.2, 0) is 0 Å². The fraction of sp³-hybridized carbons (Fsp3) is 1.00. The molecule has 118 valence electrons. The molecule has 2 N–H and O–H groups in total. The Morgan fingerprint density at radius 1 is 1.15 bits per heavy atom. The second-order valence-corrected chi connectivity index (χ2v) is 8.12. The Bertz CT molecular complexity index is 315. The number of rotatable bonds is 3. The summed E-state index contributed by atoms with van der Waals surface area (Å²) in [4.78, 5) is 5.15. The SMILES string of the molecule is CN1CCCC(N(C)C2(CN)CCCC(C)(C)CC2)C1. The number of piperidine rings is 1. The number of likely N-dealkylation sites (tertiary alicyclic amines) is 1. The lowest BCUT2D eigenvalue weighted by Crippen LogP contribution is -2.59. The largest absolute Gasteiger partial charge is 0.329 e. The van der Waals surface area contributed by atoms with E-state index in [2.05, 4.69) is 37.7 Å². The van der Waals surface area contributed by atoms with Crippen LogP contribution in [0, 0.1) is 5.41 Å². The van der Waals surface area contributed by atoms with Gasteiger partial charge in [0, 0.05) is 24.7 Å². The first-order valence-corrected chi connectivity index (χ1v) is 8.50. The molecule has 0 aromatic heterocycles. The van der Waals surface area contributed by atoms with Crippen LogP contribution in [0.2, 0.25) is 0 Å². The van der Waals surface area contributed by atoms with Crippen molar-refractivity contribution in [3.8, 4) is 0 Å². The van der Waals surface area contributed by atoms with Crippen LogP contribution in [0.15, 0.2) is 0 Å². The van der Waals surface area contributed by atoms with Crippen molar-refractivity contribution in [3.63, 3.8) is 0 Å². The molecule has 1 saturated heterocycles. The van der Waals surface area contributed by atoms with Gasteiger partial charge >= 0.3 is 0 Å². The molecule has 0 spiro atoms. The van der Waals surface area contributed by atoms with Crippen molar-refractivity contribution in [2.24, 2.45) is 11.1 Å². The van der Waals surface area contributed by atoms with Gasteiger partial charge in [-0.2, -0.15) is 0 Å². The molecule has 2 unspecified atom stereocenters. The summed E-state index contributed by atoms with van der Waals surface area (Å²) in [6.07, 6.45) is 9.22. The Morgan fingerprint density at radius 2 is 1.90 bits per heavy atom. The smallest absolute Gasteiger partial charge is 0.0332 e. The van der Waals surface area contributed by atoms with E-state index < -0.39 is 0 Å². The predicted molar refractivity (Wildman–Crippen MR) is 86.9 cm³/mol. The van der Waals surface area contributed by atoms with E-state index in [1.807, 2.05) is 0 Å². The van der Waals surface area contributed by atoms with Crippen molar-refractivity contribution in [1.29, 1.82) is 0 Å². The molecule has 0 amide bonds. The maximum atomic E-state index is 6.28. The molecule has 1 aliphatic heterocycles. The fourth-order valence-electron chi connectivity index (χ4n) is 4.26. The van der Waals surface area contributed by atoms with E-state index in [-0.39, 0.29) is 5.54 Å². The van der Waals surface area contributed by atoms with Gasteiger partial charge in [-0.1, -0.05) is 20.3 Å². The molecule has 1 heterocycles. The van der Waals surface area contributed by atoms with Crippen molar-refractivity contribution in [1.82, 2.24) is 9.80 Å². The molecule has 2 fully saturated rings. The average Bonchev–Trinajstić information content (AvgIpc) is 2.57. The normalized spacial score (nSPS) is 36.0. The Labute approximate surface area is 125 Å². The second-order valence-electron chi connectivity index (χ2n) is 8.12. The molecule has 1 saturated carbocycles.